The van der Waals surface area contributed by atoms with Crippen LogP contribution in [-0.4, -0.2) is 55.2 Å². The van der Waals surface area contributed by atoms with Crippen LogP contribution in [0.25, 0.3) is 0 Å². The molecule has 0 spiro atoms. The highest BCUT2D eigenvalue weighted by molar-refractivity contribution is 5.98. The summed E-state index contributed by atoms with van der Waals surface area (Å²) >= 11 is 0. The molecule has 2 atom stereocenters. The molecule has 6 heteroatoms. The Bertz CT molecular complexity index is 580. The third-order valence-electron chi connectivity index (χ3n) is 3.97. The Kier molecular flexibility index (Phi) is 4.02. The van der Waals surface area contributed by atoms with Crippen molar-refractivity contribution in [1.82, 2.24) is 10.2 Å². The van der Waals surface area contributed by atoms with Crippen LogP contribution in [0.1, 0.15) is 24.2 Å². The first-order valence-electron chi connectivity index (χ1n) is 7.65. The van der Waals surface area contributed by atoms with E-state index in [9.17, 15) is 9.59 Å². The normalized spacial score (nSPS) is 25.3. The van der Waals surface area contributed by atoms with Gasteiger partial charge in [-0.15, -0.1) is 0 Å². The molecule has 2 aliphatic heterocycles. The van der Waals surface area contributed by atoms with Gasteiger partial charge in [-0.3, -0.25) is 9.69 Å². The number of carbonyl (C=O) groups is 2. The number of hydrogen-bond acceptors (Lipinski definition) is 3. The molecule has 0 radical (unpaired) electrons. The second-order valence-electron chi connectivity index (χ2n) is 5.90. The van der Waals surface area contributed by atoms with Crippen molar-refractivity contribution >= 4 is 17.6 Å². The molecule has 1 aromatic rings. The molecule has 0 unspecified atom stereocenters. The largest absolute Gasteiger partial charge is 0.372 e. The lowest BCUT2D eigenvalue weighted by atomic mass is 10.1. The van der Waals surface area contributed by atoms with E-state index in [0.29, 0.717) is 31.7 Å². The molecule has 1 aromatic carbocycles. The molecule has 2 fully saturated rings. The number of benzene rings is 1. The molecule has 118 valence electrons. The standard InChI is InChI=1S/C16H21N3O3/c1-11-9-18(10-12(2)22-11)15(20)13-4-3-5-14(8-13)19-7-6-17-16(19)21/h3-5,8,11-12H,6-7,9-10H2,1-2H3,(H,17,21)/t11-,12-/m0/s1. The topological polar surface area (TPSA) is 61.9 Å². The quantitative estimate of drug-likeness (QED) is 0.900. The molecule has 2 aliphatic rings. The van der Waals surface area contributed by atoms with Crippen LogP contribution in [0.2, 0.25) is 0 Å². The van der Waals surface area contributed by atoms with E-state index in [-0.39, 0.29) is 24.1 Å². The fourth-order valence-electron chi connectivity index (χ4n) is 3.05. The lowest BCUT2D eigenvalue weighted by Crippen LogP contribution is -2.48. The average Bonchev–Trinajstić information content (AvgIpc) is 2.92. The minimum Gasteiger partial charge on any atom is -0.372 e. The summed E-state index contributed by atoms with van der Waals surface area (Å²) in [4.78, 5) is 27.9. The fraction of sp³-hybridized carbons (Fsp3) is 0.500. The summed E-state index contributed by atoms with van der Waals surface area (Å²) in [6, 6.07) is 7.15. The molecular weight excluding hydrogens is 282 g/mol. The van der Waals surface area contributed by atoms with E-state index >= 15 is 0 Å². The van der Waals surface area contributed by atoms with Crippen LogP contribution in [0, 0.1) is 0 Å². The zero-order chi connectivity index (χ0) is 15.7. The molecule has 0 aliphatic carbocycles. The number of hydrogen-bond donors (Lipinski definition) is 1. The van der Waals surface area contributed by atoms with Crippen LogP contribution in [-0.2, 0) is 4.74 Å². The number of carbonyl (C=O) groups excluding carboxylic acids is 2. The van der Waals surface area contributed by atoms with E-state index in [2.05, 4.69) is 5.32 Å². The molecule has 2 saturated heterocycles. The lowest BCUT2D eigenvalue weighted by Gasteiger charge is -2.35. The van der Waals surface area contributed by atoms with Gasteiger partial charge in [-0.2, -0.15) is 0 Å². The van der Waals surface area contributed by atoms with Crippen LogP contribution in [0.4, 0.5) is 10.5 Å². The van der Waals surface area contributed by atoms with Crippen LogP contribution in [0.3, 0.4) is 0 Å². The highest BCUT2D eigenvalue weighted by atomic mass is 16.5. The first kappa shape index (κ1) is 14.8. The zero-order valence-corrected chi connectivity index (χ0v) is 12.9. The summed E-state index contributed by atoms with van der Waals surface area (Å²) in [5.74, 6) is -0.0107. The van der Waals surface area contributed by atoms with Gasteiger partial charge in [0.15, 0.2) is 0 Å². The van der Waals surface area contributed by atoms with Crippen LogP contribution in [0.15, 0.2) is 24.3 Å². The van der Waals surface area contributed by atoms with Gasteiger partial charge in [-0.25, -0.2) is 4.79 Å². The summed E-state index contributed by atoms with van der Waals surface area (Å²) in [5.41, 5.74) is 1.37. The van der Waals surface area contributed by atoms with Crippen LogP contribution >= 0.6 is 0 Å². The third kappa shape index (κ3) is 2.92. The molecule has 3 rings (SSSR count). The van der Waals surface area contributed by atoms with Gasteiger partial charge in [0.1, 0.15) is 0 Å². The Morgan fingerprint density at radius 3 is 2.64 bits per heavy atom. The van der Waals surface area contributed by atoms with Gasteiger partial charge in [-0.05, 0) is 32.0 Å². The number of amides is 3. The van der Waals surface area contributed by atoms with Crippen molar-refractivity contribution < 1.29 is 14.3 Å². The Balaban J connectivity index is 1.79. The molecule has 2 heterocycles. The van der Waals surface area contributed by atoms with Crippen molar-refractivity contribution in [3.63, 3.8) is 0 Å². The summed E-state index contributed by atoms with van der Waals surface area (Å²) in [6.45, 7) is 6.40. The van der Waals surface area contributed by atoms with Gasteiger partial charge >= 0.3 is 6.03 Å². The summed E-state index contributed by atoms with van der Waals surface area (Å²) in [6.07, 6.45) is 0.0838. The van der Waals surface area contributed by atoms with E-state index in [1.165, 1.54) is 0 Å². The number of urea groups is 1. The third-order valence-corrected chi connectivity index (χ3v) is 3.97. The van der Waals surface area contributed by atoms with E-state index in [4.69, 9.17) is 4.74 Å². The number of nitrogens with zero attached hydrogens (tertiary/aromatic N) is 2. The molecule has 0 saturated carbocycles. The Morgan fingerprint density at radius 1 is 1.27 bits per heavy atom. The molecule has 0 bridgehead atoms. The van der Waals surface area contributed by atoms with Crippen molar-refractivity contribution in [2.75, 3.05) is 31.1 Å². The van der Waals surface area contributed by atoms with Gasteiger partial charge in [0.25, 0.3) is 5.91 Å². The number of nitrogens with one attached hydrogen (secondary N) is 1. The monoisotopic (exact) mass is 303 g/mol. The number of morpholine rings is 1. The molecule has 3 amide bonds. The lowest BCUT2D eigenvalue weighted by molar-refractivity contribution is -0.0586. The number of ether oxygens (including phenoxy) is 1. The Labute approximate surface area is 130 Å². The number of anilines is 1. The van der Waals surface area contributed by atoms with Crippen LogP contribution < -0.4 is 10.2 Å². The Morgan fingerprint density at radius 2 is 2.00 bits per heavy atom. The minimum atomic E-state index is -0.113. The predicted molar refractivity (Wildman–Crippen MR) is 83.1 cm³/mol. The van der Waals surface area contributed by atoms with Crippen molar-refractivity contribution in [2.24, 2.45) is 0 Å². The average molecular weight is 303 g/mol. The second kappa shape index (κ2) is 5.96. The van der Waals surface area contributed by atoms with Gasteiger partial charge < -0.3 is 15.0 Å². The highest BCUT2D eigenvalue weighted by Gasteiger charge is 2.27. The van der Waals surface area contributed by atoms with Crippen LogP contribution in [0.5, 0.6) is 0 Å². The Hall–Kier alpha value is -2.08. The number of rotatable bonds is 2. The summed E-state index contributed by atoms with van der Waals surface area (Å²) in [7, 11) is 0. The van der Waals surface area contributed by atoms with E-state index < -0.39 is 0 Å². The van der Waals surface area contributed by atoms with Crippen molar-refractivity contribution in [3.8, 4) is 0 Å². The van der Waals surface area contributed by atoms with Gasteiger partial charge in [0, 0.05) is 37.4 Å². The van der Waals surface area contributed by atoms with Gasteiger partial charge in [-0.1, -0.05) is 6.07 Å². The summed E-state index contributed by atoms with van der Waals surface area (Å²) < 4.78 is 5.67. The van der Waals surface area contributed by atoms with Gasteiger partial charge in [0.2, 0.25) is 0 Å². The van der Waals surface area contributed by atoms with Crippen molar-refractivity contribution in [1.29, 1.82) is 0 Å². The smallest absolute Gasteiger partial charge is 0.321 e. The predicted octanol–water partition coefficient (Wildman–Crippen LogP) is 1.47. The minimum absolute atomic E-state index is 0.0107. The first-order valence-corrected chi connectivity index (χ1v) is 7.65. The molecular formula is C16H21N3O3. The molecule has 0 aromatic heterocycles. The zero-order valence-electron chi connectivity index (χ0n) is 12.9. The SMILES string of the molecule is C[C@H]1CN(C(=O)c2cccc(N3CCNC3=O)c2)C[C@H](C)O1. The molecule has 22 heavy (non-hydrogen) atoms. The second-order valence-corrected chi connectivity index (χ2v) is 5.90. The maximum Gasteiger partial charge on any atom is 0.321 e. The van der Waals surface area contributed by atoms with E-state index in [1.54, 1.807) is 17.0 Å². The maximum atomic E-state index is 12.7. The van der Waals surface area contributed by atoms with Crippen molar-refractivity contribution in [3.05, 3.63) is 29.8 Å². The first-order chi connectivity index (χ1) is 10.5. The fourth-order valence-corrected chi connectivity index (χ4v) is 3.05. The molecule has 1 N–H and O–H groups in total. The highest BCUT2D eigenvalue weighted by Crippen LogP contribution is 2.20. The van der Waals surface area contributed by atoms with Gasteiger partial charge in [0.05, 0.1) is 12.2 Å². The molecule has 6 nitrogen and oxygen atoms in total. The van der Waals surface area contributed by atoms with E-state index in [0.717, 1.165) is 5.69 Å². The van der Waals surface area contributed by atoms with E-state index in [1.807, 2.05) is 30.9 Å². The van der Waals surface area contributed by atoms with Crippen molar-refractivity contribution in [2.45, 2.75) is 26.1 Å². The summed E-state index contributed by atoms with van der Waals surface area (Å²) in [5, 5.41) is 2.77. The maximum absolute atomic E-state index is 12.7.